The summed E-state index contributed by atoms with van der Waals surface area (Å²) in [6.07, 6.45) is 3.00. The lowest BCUT2D eigenvalue weighted by molar-refractivity contribution is 0.311. The van der Waals surface area contributed by atoms with E-state index in [1.165, 1.54) is 0 Å². The van der Waals surface area contributed by atoms with Gasteiger partial charge in [0.15, 0.2) is 5.13 Å². The predicted molar refractivity (Wildman–Crippen MR) is 93.1 cm³/mol. The molecule has 6 heteroatoms. The molecule has 0 saturated carbocycles. The van der Waals surface area contributed by atoms with Gasteiger partial charge in [-0.25, -0.2) is 4.98 Å². The van der Waals surface area contributed by atoms with Gasteiger partial charge in [-0.2, -0.15) is 0 Å². The fourth-order valence-electron chi connectivity index (χ4n) is 2.66. The van der Waals surface area contributed by atoms with Crippen LogP contribution in [0.5, 0.6) is 0 Å². The zero-order valence-corrected chi connectivity index (χ0v) is 14.2. The molecule has 0 amide bonds. The lowest BCUT2D eigenvalue weighted by Gasteiger charge is -2.21. The second kappa shape index (κ2) is 7.85. The zero-order chi connectivity index (χ0) is 15.2. The molecule has 0 bridgehead atoms. The van der Waals surface area contributed by atoms with Gasteiger partial charge in [0.05, 0.1) is 10.8 Å². The standard InChI is InChI=1S/C16H21N3OS2/c20-22(15-5-2-1-3-6-15)14-12-18-8-4-9-19(11-10-18)16-17-7-13-21-16/h1-3,5-7,13H,4,8-12,14H2/t22-/m0/s1. The zero-order valence-electron chi connectivity index (χ0n) is 12.6. The molecule has 1 saturated heterocycles. The largest absolute Gasteiger partial charge is 0.347 e. The molecule has 118 valence electrons. The fourth-order valence-corrected chi connectivity index (χ4v) is 4.48. The molecular formula is C16H21N3OS2. The molecule has 1 fully saturated rings. The van der Waals surface area contributed by atoms with E-state index in [-0.39, 0.29) is 0 Å². The van der Waals surface area contributed by atoms with Crippen molar-refractivity contribution in [1.29, 1.82) is 0 Å². The molecule has 0 unspecified atom stereocenters. The smallest absolute Gasteiger partial charge is 0.185 e. The lowest BCUT2D eigenvalue weighted by Crippen LogP contribution is -2.33. The van der Waals surface area contributed by atoms with Crippen molar-refractivity contribution in [1.82, 2.24) is 9.88 Å². The topological polar surface area (TPSA) is 36.4 Å². The van der Waals surface area contributed by atoms with E-state index in [9.17, 15) is 4.21 Å². The minimum Gasteiger partial charge on any atom is -0.347 e. The molecule has 0 N–H and O–H groups in total. The molecule has 0 aliphatic carbocycles. The number of hydrogen-bond donors (Lipinski definition) is 0. The molecule has 1 atom stereocenters. The van der Waals surface area contributed by atoms with Gasteiger partial charge in [-0.05, 0) is 25.1 Å². The first-order valence-corrected chi connectivity index (χ1v) is 9.83. The molecule has 2 heterocycles. The first-order valence-electron chi connectivity index (χ1n) is 7.63. The number of anilines is 1. The van der Waals surface area contributed by atoms with Crippen LogP contribution in [0.3, 0.4) is 0 Å². The van der Waals surface area contributed by atoms with E-state index in [0.29, 0.717) is 5.75 Å². The highest BCUT2D eigenvalue weighted by Crippen LogP contribution is 2.19. The van der Waals surface area contributed by atoms with E-state index < -0.39 is 10.8 Å². The first kappa shape index (κ1) is 15.6. The third-order valence-electron chi connectivity index (χ3n) is 3.88. The molecule has 1 aromatic carbocycles. The summed E-state index contributed by atoms with van der Waals surface area (Å²) in [5, 5.41) is 3.15. The Kier molecular flexibility index (Phi) is 5.58. The Labute approximate surface area is 138 Å². The monoisotopic (exact) mass is 335 g/mol. The number of benzene rings is 1. The van der Waals surface area contributed by atoms with Crippen LogP contribution >= 0.6 is 11.3 Å². The van der Waals surface area contributed by atoms with Crippen LogP contribution in [0.25, 0.3) is 0 Å². The number of hydrogen-bond acceptors (Lipinski definition) is 5. The second-order valence-electron chi connectivity index (χ2n) is 5.36. The van der Waals surface area contributed by atoms with Gasteiger partial charge in [-0.15, -0.1) is 11.3 Å². The van der Waals surface area contributed by atoms with Crippen molar-refractivity contribution in [3.63, 3.8) is 0 Å². The van der Waals surface area contributed by atoms with Crippen LogP contribution in [0, 0.1) is 0 Å². The Bertz CT molecular complexity index is 589. The maximum atomic E-state index is 12.3. The lowest BCUT2D eigenvalue weighted by atomic mass is 10.4. The Morgan fingerprint density at radius 2 is 2.00 bits per heavy atom. The quantitative estimate of drug-likeness (QED) is 0.841. The minimum atomic E-state index is -0.895. The molecule has 4 nitrogen and oxygen atoms in total. The molecule has 1 aliphatic rings. The molecule has 1 aliphatic heterocycles. The summed E-state index contributed by atoms with van der Waals surface area (Å²) in [5.41, 5.74) is 0. The number of rotatable bonds is 5. The van der Waals surface area contributed by atoms with E-state index in [2.05, 4.69) is 14.8 Å². The molecule has 1 aromatic heterocycles. The number of thiazole rings is 1. The van der Waals surface area contributed by atoms with Gasteiger partial charge in [-0.3, -0.25) is 4.21 Å². The average Bonchev–Trinajstić information content (AvgIpc) is 2.99. The Hall–Kier alpha value is -1.24. The molecular weight excluding hydrogens is 314 g/mol. The fraction of sp³-hybridized carbons (Fsp3) is 0.438. The first-order chi connectivity index (χ1) is 10.8. The van der Waals surface area contributed by atoms with Crippen LogP contribution < -0.4 is 4.90 Å². The van der Waals surface area contributed by atoms with Gasteiger partial charge in [0.2, 0.25) is 0 Å². The Morgan fingerprint density at radius 1 is 1.14 bits per heavy atom. The Morgan fingerprint density at radius 3 is 2.77 bits per heavy atom. The van der Waals surface area contributed by atoms with Crippen LogP contribution in [0.4, 0.5) is 5.13 Å². The SMILES string of the molecule is O=[S@@](CCN1CCCN(c2nccs2)CC1)c1ccccc1. The summed E-state index contributed by atoms with van der Waals surface area (Å²) >= 11 is 1.70. The number of aromatic nitrogens is 1. The van der Waals surface area contributed by atoms with Crippen molar-refractivity contribution >= 4 is 27.3 Å². The third kappa shape index (κ3) is 4.15. The van der Waals surface area contributed by atoms with Crippen molar-refractivity contribution in [2.24, 2.45) is 0 Å². The van der Waals surface area contributed by atoms with Gasteiger partial charge in [-0.1, -0.05) is 18.2 Å². The van der Waals surface area contributed by atoms with Crippen molar-refractivity contribution in [2.75, 3.05) is 43.4 Å². The van der Waals surface area contributed by atoms with E-state index >= 15 is 0 Å². The average molecular weight is 335 g/mol. The summed E-state index contributed by atoms with van der Waals surface area (Å²) in [7, 11) is -0.895. The van der Waals surface area contributed by atoms with Crippen LogP contribution in [0.2, 0.25) is 0 Å². The normalized spacial score (nSPS) is 18.1. The maximum absolute atomic E-state index is 12.3. The predicted octanol–water partition coefficient (Wildman–Crippen LogP) is 2.46. The molecule has 3 rings (SSSR count). The molecule has 0 spiro atoms. The second-order valence-corrected chi connectivity index (χ2v) is 7.80. The summed E-state index contributed by atoms with van der Waals surface area (Å²) in [4.78, 5) is 10.1. The summed E-state index contributed by atoms with van der Waals surface area (Å²) in [5.74, 6) is 0.710. The van der Waals surface area contributed by atoms with Crippen LogP contribution in [-0.2, 0) is 10.8 Å². The summed E-state index contributed by atoms with van der Waals surface area (Å²) in [6.45, 7) is 5.06. The van der Waals surface area contributed by atoms with Crippen LogP contribution in [0.1, 0.15) is 6.42 Å². The van der Waals surface area contributed by atoms with E-state index in [1.807, 2.05) is 41.9 Å². The van der Waals surface area contributed by atoms with Crippen molar-refractivity contribution in [3.8, 4) is 0 Å². The summed E-state index contributed by atoms with van der Waals surface area (Å²) in [6, 6.07) is 9.75. The van der Waals surface area contributed by atoms with Crippen LogP contribution in [-0.4, -0.2) is 52.6 Å². The van der Waals surface area contributed by atoms with Crippen molar-refractivity contribution in [3.05, 3.63) is 41.9 Å². The van der Waals surface area contributed by atoms with Crippen molar-refractivity contribution in [2.45, 2.75) is 11.3 Å². The maximum Gasteiger partial charge on any atom is 0.185 e. The molecule has 0 radical (unpaired) electrons. The van der Waals surface area contributed by atoms with Gasteiger partial charge >= 0.3 is 0 Å². The molecule has 22 heavy (non-hydrogen) atoms. The van der Waals surface area contributed by atoms with Gasteiger partial charge in [0.25, 0.3) is 0 Å². The highest BCUT2D eigenvalue weighted by Gasteiger charge is 2.17. The third-order valence-corrected chi connectivity index (χ3v) is 6.06. The van der Waals surface area contributed by atoms with Crippen LogP contribution in [0.15, 0.2) is 46.8 Å². The van der Waals surface area contributed by atoms with E-state index in [0.717, 1.165) is 49.2 Å². The highest BCUT2D eigenvalue weighted by atomic mass is 32.2. The van der Waals surface area contributed by atoms with Gasteiger partial charge in [0, 0.05) is 48.4 Å². The van der Waals surface area contributed by atoms with Gasteiger partial charge < -0.3 is 9.80 Å². The minimum absolute atomic E-state index is 0.710. The van der Waals surface area contributed by atoms with E-state index in [1.54, 1.807) is 11.3 Å². The number of nitrogens with zero attached hydrogens (tertiary/aromatic N) is 3. The van der Waals surface area contributed by atoms with Gasteiger partial charge in [0.1, 0.15) is 0 Å². The highest BCUT2D eigenvalue weighted by molar-refractivity contribution is 7.85. The Balaban J connectivity index is 1.49. The van der Waals surface area contributed by atoms with Crippen molar-refractivity contribution < 1.29 is 4.21 Å². The van der Waals surface area contributed by atoms with E-state index in [4.69, 9.17) is 0 Å². The summed E-state index contributed by atoms with van der Waals surface area (Å²) < 4.78 is 12.3. The molecule has 2 aromatic rings.